The van der Waals surface area contributed by atoms with E-state index in [1.54, 1.807) is 33.8 Å². The van der Waals surface area contributed by atoms with Crippen LogP contribution in [0.3, 0.4) is 0 Å². The topological polar surface area (TPSA) is 115 Å². The Morgan fingerprint density at radius 1 is 1.04 bits per heavy atom. The van der Waals surface area contributed by atoms with E-state index in [1.165, 1.54) is 12.1 Å². The van der Waals surface area contributed by atoms with Crippen molar-refractivity contribution in [3.63, 3.8) is 0 Å². The first kappa shape index (κ1) is 19.6. The summed E-state index contributed by atoms with van der Waals surface area (Å²) in [5.41, 5.74) is -2.00. The molecule has 1 aromatic rings. The Balaban J connectivity index is 2.15. The lowest BCUT2D eigenvalue weighted by Gasteiger charge is -2.55. The van der Waals surface area contributed by atoms with Crippen molar-refractivity contribution in [2.24, 2.45) is 16.2 Å². The fourth-order valence-electron chi connectivity index (χ4n) is 5.10. The Morgan fingerprint density at radius 2 is 1.56 bits per heavy atom. The van der Waals surface area contributed by atoms with E-state index in [4.69, 9.17) is 0 Å². The molecule has 2 bridgehead atoms. The molecule has 3 atom stereocenters. The van der Waals surface area contributed by atoms with E-state index in [0.717, 1.165) is 4.90 Å². The Kier molecular flexibility index (Phi) is 4.28. The van der Waals surface area contributed by atoms with Crippen LogP contribution < -0.4 is 10.4 Å². The maximum Gasteiger partial charge on any atom is 0.488 e. The Bertz CT molecular complexity index is 823. The van der Waals surface area contributed by atoms with Gasteiger partial charge in [0.05, 0.1) is 11.1 Å². The van der Waals surface area contributed by atoms with Crippen LogP contribution in [0.4, 0.5) is 5.69 Å². The highest BCUT2D eigenvalue weighted by molar-refractivity contribution is 6.58. The van der Waals surface area contributed by atoms with Gasteiger partial charge in [-0.2, -0.15) is 0 Å². The van der Waals surface area contributed by atoms with Gasteiger partial charge in [0.25, 0.3) is 0 Å². The minimum atomic E-state index is -1.72. The molecule has 2 aliphatic rings. The van der Waals surface area contributed by atoms with Crippen molar-refractivity contribution in [3.8, 4) is 0 Å². The summed E-state index contributed by atoms with van der Waals surface area (Å²) in [7, 11) is -1.72. The third kappa shape index (κ3) is 2.87. The third-order valence-electron chi connectivity index (χ3n) is 6.07. The molecule has 0 spiro atoms. The number of piperidine rings is 1. The van der Waals surface area contributed by atoms with E-state index in [1.807, 2.05) is 0 Å². The summed E-state index contributed by atoms with van der Waals surface area (Å²) in [5, 5.41) is 28.6. The summed E-state index contributed by atoms with van der Waals surface area (Å²) >= 11 is 0. The number of anilines is 1. The van der Waals surface area contributed by atoms with E-state index < -0.39 is 41.1 Å². The highest BCUT2D eigenvalue weighted by Crippen LogP contribution is 2.59. The van der Waals surface area contributed by atoms with Crippen molar-refractivity contribution in [3.05, 3.63) is 23.8 Å². The lowest BCUT2D eigenvalue weighted by atomic mass is 9.51. The number of hydrogen-bond donors (Lipinski definition) is 3. The number of carbonyl (C=O) groups excluding carboxylic acids is 2. The number of aliphatic carboxylic acids is 1. The molecule has 0 aromatic heterocycles. The molecule has 144 valence electrons. The smallest absolute Gasteiger partial charge is 0.481 e. The normalized spacial score (nSPS) is 33.2. The van der Waals surface area contributed by atoms with E-state index in [0.29, 0.717) is 17.7 Å². The summed E-state index contributed by atoms with van der Waals surface area (Å²) in [6.07, 6.45) is 0.599. The predicted molar refractivity (Wildman–Crippen MR) is 99.3 cm³/mol. The first-order valence-electron chi connectivity index (χ1n) is 8.92. The fourth-order valence-corrected chi connectivity index (χ4v) is 5.10. The number of nitrogens with zero attached hydrogens (tertiary/aromatic N) is 1. The number of carbonyl (C=O) groups is 3. The first-order chi connectivity index (χ1) is 12.3. The summed E-state index contributed by atoms with van der Waals surface area (Å²) in [6.45, 7) is 6.76. The van der Waals surface area contributed by atoms with Crippen LogP contribution in [0.2, 0.25) is 0 Å². The average Bonchev–Trinajstić information content (AvgIpc) is 2.54. The largest absolute Gasteiger partial charge is 0.488 e. The molecule has 1 heterocycles. The zero-order chi connectivity index (χ0) is 20.4. The van der Waals surface area contributed by atoms with Gasteiger partial charge in [-0.25, -0.2) is 4.90 Å². The highest BCUT2D eigenvalue weighted by Gasteiger charge is 2.63. The number of amides is 2. The molecule has 1 unspecified atom stereocenters. The van der Waals surface area contributed by atoms with Crippen LogP contribution in [0.1, 0.15) is 45.6 Å². The quantitative estimate of drug-likeness (QED) is 0.534. The molecule has 2 amide bonds. The number of aryl methyl sites for hydroxylation is 1. The van der Waals surface area contributed by atoms with Crippen LogP contribution in [-0.2, 0) is 14.4 Å². The number of rotatable bonds is 3. The molecular formula is C19H24BNO6. The maximum atomic E-state index is 13.3. The zero-order valence-electron chi connectivity index (χ0n) is 15.9. The summed E-state index contributed by atoms with van der Waals surface area (Å²) in [5.74, 6) is -1.88. The number of carboxylic acid groups (broad SMARTS) is 1. The number of hydrogen-bond acceptors (Lipinski definition) is 5. The van der Waals surface area contributed by atoms with Gasteiger partial charge in [0.2, 0.25) is 11.8 Å². The van der Waals surface area contributed by atoms with Crippen LogP contribution >= 0.6 is 0 Å². The molecule has 1 aromatic carbocycles. The maximum absolute atomic E-state index is 13.3. The Labute approximate surface area is 158 Å². The van der Waals surface area contributed by atoms with Gasteiger partial charge in [-0.1, -0.05) is 26.0 Å². The van der Waals surface area contributed by atoms with Crippen LogP contribution in [0.15, 0.2) is 18.2 Å². The minimum absolute atomic E-state index is 0.148. The van der Waals surface area contributed by atoms with Crippen LogP contribution in [0.25, 0.3) is 0 Å². The van der Waals surface area contributed by atoms with Gasteiger partial charge in [-0.05, 0) is 50.2 Å². The number of benzene rings is 1. The van der Waals surface area contributed by atoms with E-state index in [-0.39, 0.29) is 18.3 Å². The molecule has 3 N–H and O–H groups in total. The SMILES string of the molecule is Cc1ccc(B(O)O)cc1N1C(=O)[C@@]2(C)CC(C)(C(=O)O)C[C@](C)(C2)C1=O. The van der Waals surface area contributed by atoms with Gasteiger partial charge in [0.1, 0.15) is 0 Å². The molecule has 1 saturated carbocycles. The average molecular weight is 373 g/mol. The lowest BCUT2D eigenvalue weighted by molar-refractivity contribution is -0.167. The molecule has 27 heavy (non-hydrogen) atoms. The van der Waals surface area contributed by atoms with E-state index in [2.05, 4.69) is 0 Å². The predicted octanol–water partition coefficient (Wildman–Crippen LogP) is 0.835. The number of carboxylic acids is 1. The van der Waals surface area contributed by atoms with Gasteiger partial charge in [0, 0.05) is 10.8 Å². The van der Waals surface area contributed by atoms with Crippen molar-refractivity contribution in [1.29, 1.82) is 0 Å². The van der Waals surface area contributed by atoms with Gasteiger partial charge in [-0.3, -0.25) is 14.4 Å². The van der Waals surface area contributed by atoms with Crippen molar-refractivity contribution < 1.29 is 29.5 Å². The highest BCUT2D eigenvalue weighted by atomic mass is 16.4. The molecular weight excluding hydrogens is 349 g/mol. The fraction of sp³-hybridized carbons (Fsp3) is 0.526. The first-order valence-corrected chi connectivity index (χ1v) is 8.92. The van der Waals surface area contributed by atoms with Crippen molar-refractivity contribution >= 4 is 36.1 Å². The Hall–Kier alpha value is -2.19. The molecule has 1 aliphatic heterocycles. The standard InChI is InChI=1S/C19H24BNO6/c1-11-5-6-12(20(26)27)7-13(11)21-14(22)17(2)8-18(3,15(21)23)10-19(4,9-17)16(24)25/h5-7,26-27H,8-10H2,1-4H3,(H,24,25)/t17-,18+,19?. The third-order valence-corrected chi connectivity index (χ3v) is 6.07. The second-order valence-corrected chi connectivity index (χ2v) is 8.88. The van der Waals surface area contributed by atoms with E-state index in [9.17, 15) is 29.5 Å². The number of fused-ring (bicyclic) bond motifs is 2. The van der Waals surface area contributed by atoms with Crippen LogP contribution in [-0.4, -0.2) is 40.1 Å². The molecule has 0 radical (unpaired) electrons. The summed E-state index contributed by atoms with van der Waals surface area (Å²) < 4.78 is 0. The van der Waals surface area contributed by atoms with Gasteiger partial charge < -0.3 is 15.2 Å². The van der Waals surface area contributed by atoms with Gasteiger partial charge in [0.15, 0.2) is 0 Å². The van der Waals surface area contributed by atoms with E-state index >= 15 is 0 Å². The molecule has 1 aliphatic carbocycles. The van der Waals surface area contributed by atoms with Crippen LogP contribution in [0, 0.1) is 23.2 Å². The zero-order valence-corrected chi connectivity index (χ0v) is 15.9. The molecule has 1 saturated heterocycles. The monoisotopic (exact) mass is 373 g/mol. The van der Waals surface area contributed by atoms with Crippen molar-refractivity contribution in [2.45, 2.75) is 47.0 Å². The molecule has 2 fully saturated rings. The molecule has 8 heteroatoms. The van der Waals surface area contributed by atoms with Crippen molar-refractivity contribution in [2.75, 3.05) is 4.90 Å². The Morgan fingerprint density at radius 3 is 2.00 bits per heavy atom. The lowest BCUT2D eigenvalue weighted by Crippen LogP contribution is -2.64. The summed E-state index contributed by atoms with van der Waals surface area (Å²) in [6, 6.07) is 4.58. The van der Waals surface area contributed by atoms with Crippen molar-refractivity contribution in [1.82, 2.24) is 0 Å². The van der Waals surface area contributed by atoms with Crippen LogP contribution in [0.5, 0.6) is 0 Å². The second-order valence-electron chi connectivity index (χ2n) is 8.88. The second kappa shape index (κ2) is 5.91. The summed E-state index contributed by atoms with van der Waals surface area (Å²) in [4.78, 5) is 39.6. The minimum Gasteiger partial charge on any atom is -0.481 e. The number of imide groups is 1. The molecule has 3 rings (SSSR count). The van der Waals surface area contributed by atoms with Gasteiger partial charge in [-0.15, -0.1) is 0 Å². The molecule has 7 nitrogen and oxygen atoms in total. The van der Waals surface area contributed by atoms with Gasteiger partial charge >= 0.3 is 13.1 Å².